The van der Waals surface area contributed by atoms with Crippen LogP contribution in [-0.2, 0) is 4.74 Å². The van der Waals surface area contributed by atoms with Crippen LogP contribution in [0, 0.1) is 5.92 Å². The number of carbonyl (C=O) groups is 8. The number of Topliss-reactive ketones (excluding diaryl/α,β-unsaturated/α-hetero) is 2. The lowest BCUT2D eigenvalue weighted by Crippen LogP contribution is -2.48. The van der Waals surface area contributed by atoms with Crippen molar-refractivity contribution in [3.8, 4) is 0 Å². The predicted molar refractivity (Wildman–Crippen MR) is 420 cm³/mol. The number of hydrogen-bond donors (Lipinski definition) is 5. The number of alkyl halides is 5. The van der Waals surface area contributed by atoms with E-state index in [1.54, 1.807) is 130 Å². The number of fused-ring (bicyclic) bond motifs is 16. The van der Waals surface area contributed by atoms with Gasteiger partial charge >= 0.3 is 30.3 Å². The molecule has 18 heterocycles. The second-order valence-corrected chi connectivity index (χ2v) is 30.1. The van der Waals surface area contributed by atoms with Crippen molar-refractivity contribution in [3.63, 3.8) is 0 Å². The molecule has 0 aromatic carbocycles. The minimum Gasteiger partial charge on any atom is -0.381 e. The lowest BCUT2D eigenvalue weighted by molar-refractivity contribution is -0.133. The van der Waals surface area contributed by atoms with Crippen molar-refractivity contribution in [1.82, 2.24) is 50.1 Å². The number of halogens is 5. The van der Waals surface area contributed by atoms with Crippen LogP contribution in [0.5, 0.6) is 0 Å². The molecule has 10 amide bonds. The standard InChI is InChI=1S/C22H25N5O3.C20H20F2N6O2.C19H18F3N5O2.C19H20N6O2/c28-19(13-15-7-11-30-12-8-15)17-4-5-18-21(24-17)27(16-6-10-26(18)14-16)22(29)25-20-3-1-2-9-23-20;21-20(22)7-10-27(12-20)18(29)14-4-5-15-17(24-14)28(13-6-9-26(15)11-13)19(30)25-16-3-1-2-8-23-16;20-19(21,22)8-6-15(28)13-4-5-14-17(24-13)27(12-7-10-26(14)11-12)18(29)25-16-3-1-2-9-23-16;26-18(21-12-4-5-12)14-6-7-15-17(22-14)25(13-8-10-24(15)11-13)19(27)23-16-3-1-2-9-20-16/h1-5,9,15-16H,6-8,10-14H2,(H,23,25,29);1-5,8,13H,6-7,9-12H2,(H,23,25,30);1-5,9,12H,6-8,10-11H2,(H,23,25,29);1-3,6-7,9,12-13H,4-5,8,10-11H2,(H,21,26)(H,20,23,27)/t16-;13-;12-;13-/m0000/s1. The van der Waals surface area contributed by atoms with Gasteiger partial charge in [-0.15, -0.1) is 0 Å². The van der Waals surface area contributed by atoms with E-state index in [4.69, 9.17) is 4.74 Å². The average Bonchev–Trinajstić information content (AvgIpc) is 1.55. The summed E-state index contributed by atoms with van der Waals surface area (Å²) in [5, 5.41) is 14.2. The van der Waals surface area contributed by atoms with Gasteiger partial charge in [-0.25, -0.2) is 67.8 Å². The molecule has 602 valence electrons. The third-order valence-corrected chi connectivity index (χ3v) is 22.1. The van der Waals surface area contributed by atoms with Gasteiger partial charge < -0.3 is 34.6 Å². The van der Waals surface area contributed by atoms with Crippen molar-refractivity contribution in [2.45, 2.75) is 119 Å². The monoisotopic (exact) mass is 1590 g/mol. The number of ketones is 2. The summed E-state index contributed by atoms with van der Waals surface area (Å²) in [6.45, 7) is 6.93. The first kappa shape index (κ1) is 77.3. The fourth-order valence-electron chi connectivity index (χ4n) is 16.1. The summed E-state index contributed by atoms with van der Waals surface area (Å²) in [5.41, 5.74) is 3.99. The highest BCUT2D eigenvalue weighted by Crippen LogP contribution is 2.45. The fourth-order valence-corrected chi connectivity index (χ4v) is 16.1. The maximum atomic E-state index is 13.5. The van der Waals surface area contributed by atoms with Crippen LogP contribution >= 0.6 is 0 Å². The molecule has 8 aromatic heterocycles. The highest BCUT2D eigenvalue weighted by atomic mass is 19.4. The topological polar surface area (TPSA) is 338 Å². The molecule has 4 atom stereocenters. The number of rotatable bonds is 13. The van der Waals surface area contributed by atoms with E-state index in [1.807, 2.05) is 24.3 Å². The zero-order chi connectivity index (χ0) is 80.4. The average molecular weight is 1590 g/mol. The van der Waals surface area contributed by atoms with Crippen LogP contribution in [0.3, 0.4) is 0 Å². The first-order valence-corrected chi connectivity index (χ1v) is 38.9. The number of pyridine rings is 8. The number of nitrogens with zero attached hydrogens (tertiary/aromatic N) is 17. The van der Waals surface area contributed by atoms with E-state index < -0.39 is 49.2 Å². The number of carbonyl (C=O) groups excluding carboxylic acids is 8. The highest BCUT2D eigenvalue weighted by Gasteiger charge is 2.47. The van der Waals surface area contributed by atoms with Crippen LogP contribution in [0.25, 0.3) is 0 Å². The van der Waals surface area contributed by atoms with Crippen LogP contribution in [0.4, 0.5) is 110 Å². The quantitative estimate of drug-likeness (QED) is 0.0529. The molecule has 116 heavy (non-hydrogen) atoms. The summed E-state index contributed by atoms with van der Waals surface area (Å²) >= 11 is 0. The molecule has 10 aliphatic heterocycles. The van der Waals surface area contributed by atoms with Crippen LogP contribution in [-0.4, -0.2) is 213 Å². The molecule has 6 saturated heterocycles. The minimum absolute atomic E-state index is 0.0107. The Hall–Kier alpha value is -12.6. The Morgan fingerprint density at radius 3 is 1.15 bits per heavy atom. The molecular weight excluding hydrogens is 1510 g/mol. The highest BCUT2D eigenvalue weighted by molar-refractivity contribution is 6.09. The molecule has 0 radical (unpaired) electrons. The van der Waals surface area contributed by atoms with E-state index in [2.05, 4.69) is 86.1 Å². The molecule has 11 aliphatic rings. The molecular formula is C80H83F5N22O9. The Kier molecular flexibility index (Phi) is 22.0. The number of likely N-dealkylation sites (tertiary alicyclic amines) is 1. The van der Waals surface area contributed by atoms with Crippen molar-refractivity contribution in [2.75, 3.05) is 139 Å². The molecule has 1 aliphatic carbocycles. The molecule has 8 bridgehead atoms. The Bertz CT molecular complexity index is 5020. The third kappa shape index (κ3) is 17.2. The number of hydrogen-bond acceptors (Lipinski definition) is 21. The van der Waals surface area contributed by atoms with E-state index in [0.29, 0.717) is 96.4 Å². The number of urea groups is 4. The van der Waals surface area contributed by atoms with Crippen LogP contribution < -0.4 is 65.8 Å². The van der Waals surface area contributed by atoms with Crippen molar-refractivity contribution in [3.05, 3.63) is 169 Å². The molecule has 7 fully saturated rings. The van der Waals surface area contributed by atoms with Gasteiger partial charge in [0.25, 0.3) is 17.7 Å². The first-order chi connectivity index (χ1) is 56.1. The van der Waals surface area contributed by atoms with Gasteiger partial charge in [0.1, 0.15) is 46.0 Å². The van der Waals surface area contributed by atoms with Gasteiger partial charge in [-0.05, 0) is 154 Å². The van der Waals surface area contributed by atoms with E-state index in [1.165, 1.54) is 11.0 Å². The van der Waals surface area contributed by atoms with E-state index in [0.717, 1.165) is 113 Å². The normalized spacial score (nSPS) is 20.1. The Morgan fingerprint density at radius 1 is 0.431 bits per heavy atom. The summed E-state index contributed by atoms with van der Waals surface area (Å²) in [6.07, 6.45) is 7.33. The lowest BCUT2D eigenvalue weighted by Gasteiger charge is -2.35. The number of ether oxygens (including phenoxy) is 1. The smallest absolute Gasteiger partial charge is 0.381 e. The largest absolute Gasteiger partial charge is 0.389 e. The second-order valence-electron chi connectivity index (χ2n) is 30.1. The number of nitrogens with one attached hydrogen (secondary N) is 5. The predicted octanol–water partition coefficient (Wildman–Crippen LogP) is 11.3. The van der Waals surface area contributed by atoms with Crippen molar-refractivity contribution in [1.29, 1.82) is 0 Å². The molecule has 19 rings (SSSR count). The molecule has 31 nitrogen and oxygen atoms in total. The Balaban J connectivity index is 0.000000116. The molecule has 8 aromatic rings. The van der Waals surface area contributed by atoms with E-state index in [9.17, 15) is 60.3 Å². The van der Waals surface area contributed by atoms with Crippen LogP contribution in [0.1, 0.15) is 119 Å². The van der Waals surface area contributed by atoms with Crippen LogP contribution in [0.2, 0.25) is 0 Å². The summed E-state index contributed by atoms with van der Waals surface area (Å²) in [6, 6.07) is 33.5. The van der Waals surface area contributed by atoms with Gasteiger partial charge in [-0.1, -0.05) is 24.3 Å². The van der Waals surface area contributed by atoms with Crippen molar-refractivity contribution < 1.29 is 65.0 Å². The Morgan fingerprint density at radius 2 is 0.793 bits per heavy atom. The second kappa shape index (κ2) is 33.1. The van der Waals surface area contributed by atoms with Gasteiger partial charge in [0, 0.05) is 122 Å². The number of aromatic nitrogens is 8. The number of amides is 10. The van der Waals surface area contributed by atoms with Crippen molar-refractivity contribution in [2.24, 2.45) is 5.92 Å². The molecule has 1 saturated carbocycles. The van der Waals surface area contributed by atoms with E-state index in [-0.39, 0.29) is 90.2 Å². The third-order valence-electron chi connectivity index (χ3n) is 22.1. The maximum Gasteiger partial charge on any atom is 0.389 e. The maximum absolute atomic E-state index is 13.5. The van der Waals surface area contributed by atoms with Crippen LogP contribution in [0.15, 0.2) is 146 Å². The summed E-state index contributed by atoms with van der Waals surface area (Å²) in [7, 11) is 0. The van der Waals surface area contributed by atoms with Gasteiger partial charge in [0.05, 0.1) is 59.9 Å². The SMILES string of the molecule is O=C(CC1CCOCC1)c1ccc2c(n1)N(C(=O)Nc1ccccn1)[C@H]1CCN2C1.O=C(CCC(F)(F)F)c1ccc2c(n1)N(C(=O)Nc1ccccn1)[C@H]1CCN2C1.O=C(NC1CC1)c1ccc2c(n1)N(C(=O)Nc1ccccn1)[C@H]1CCN2C1.O=C(c1ccc2c(n1)N(C(=O)Nc1ccccn1)[C@H]1CCN2C1)N1CCC(F)(F)C1. The summed E-state index contributed by atoms with van der Waals surface area (Å²) < 4.78 is 69.8. The van der Waals surface area contributed by atoms with Gasteiger partial charge in [-0.2, -0.15) is 13.2 Å². The van der Waals surface area contributed by atoms with E-state index >= 15 is 0 Å². The number of anilines is 12. The van der Waals surface area contributed by atoms with Crippen molar-refractivity contribution >= 4 is 117 Å². The van der Waals surface area contributed by atoms with Gasteiger partial charge in [-0.3, -0.25) is 60.0 Å². The van der Waals surface area contributed by atoms with Gasteiger partial charge in [0.15, 0.2) is 34.8 Å². The first-order valence-electron chi connectivity index (χ1n) is 38.9. The fraction of sp³-hybridized carbons (Fsp3) is 0.400. The Labute approximate surface area is 662 Å². The van der Waals surface area contributed by atoms with Gasteiger partial charge in [0.2, 0.25) is 0 Å². The summed E-state index contributed by atoms with van der Waals surface area (Å²) in [5.74, 6) is -0.404. The lowest BCUT2D eigenvalue weighted by atomic mass is 9.93. The molecule has 5 N–H and O–H groups in total. The zero-order valence-electron chi connectivity index (χ0n) is 63.0. The molecule has 0 spiro atoms. The minimum atomic E-state index is -4.41. The zero-order valence-corrected chi connectivity index (χ0v) is 63.0. The summed E-state index contributed by atoms with van der Waals surface area (Å²) in [4.78, 5) is 153. The molecule has 0 unspecified atom stereocenters. The molecule has 36 heteroatoms.